The highest BCUT2D eigenvalue weighted by Crippen LogP contribution is 2.22. The third-order valence-electron chi connectivity index (χ3n) is 5.36. The number of aromatic nitrogens is 4. The molecule has 2 aromatic heterocycles. The smallest absolute Gasteiger partial charge is 0.278 e. The summed E-state index contributed by atoms with van der Waals surface area (Å²) in [5.41, 5.74) is 3.66. The molecule has 2 heterocycles. The average molecular weight is 508 g/mol. The molecule has 0 spiro atoms. The number of benzene rings is 3. The normalized spacial score (nSPS) is 11.5. The van der Waals surface area contributed by atoms with Crippen molar-refractivity contribution < 1.29 is 21.7 Å². The maximum Gasteiger partial charge on any atom is 0.278 e. The van der Waals surface area contributed by atoms with Crippen LogP contribution in [0.25, 0.3) is 23.0 Å². The average Bonchev–Trinajstić information content (AvgIpc) is 3.52. The standard InChI is InChI=1S/C25H19F2N5O3S/c1-16-2-6-18(7-3-16)24-29-25(35-30-24)23-14-32(15-28-23)13-17-4-8-19(9-5-17)31-36(33,34)20-10-11-21(26)22(27)12-20/h2-12,14-15,31H,13H2,1H3. The summed E-state index contributed by atoms with van der Waals surface area (Å²) in [5.74, 6) is -1.58. The molecule has 0 fully saturated rings. The topological polar surface area (TPSA) is 103 Å². The second-order valence-corrected chi connectivity index (χ2v) is 9.78. The van der Waals surface area contributed by atoms with Gasteiger partial charge in [0.1, 0.15) is 5.69 Å². The van der Waals surface area contributed by atoms with Gasteiger partial charge in [0.05, 0.1) is 11.2 Å². The van der Waals surface area contributed by atoms with Gasteiger partial charge < -0.3 is 9.09 Å². The Morgan fingerprint density at radius 2 is 1.72 bits per heavy atom. The van der Waals surface area contributed by atoms with Gasteiger partial charge in [-0.15, -0.1) is 0 Å². The van der Waals surface area contributed by atoms with E-state index in [0.717, 1.165) is 28.8 Å². The highest BCUT2D eigenvalue weighted by Gasteiger charge is 2.17. The van der Waals surface area contributed by atoms with Crippen molar-refractivity contribution in [1.29, 1.82) is 0 Å². The number of hydrogen-bond acceptors (Lipinski definition) is 6. The van der Waals surface area contributed by atoms with Crippen molar-refractivity contribution in [3.63, 3.8) is 0 Å². The van der Waals surface area contributed by atoms with E-state index >= 15 is 0 Å². The van der Waals surface area contributed by atoms with Crippen molar-refractivity contribution >= 4 is 15.7 Å². The Labute approximate surface area is 205 Å². The van der Waals surface area contributed by atoms with Gasteiger partial charge in [0.25, 0.3) is 15.9 Å². The number of halogens is 2. The minimum absolute atomic E-state index is 0.282. The maximum absolute atomic E-state index is 13.4. The van der Waals surface area contributed by atoms with E-state index in [-0.39, 0.29) is 10.6 Å². The van der Waals surface area contributed by atoms with Gasteiger partial charge in [0, 0.05) is 24.0 Å². The number of nitrogens with zero attached hydrogens (tertiary/aromatic N) is 4. The molecule has 0 aliphatic heterocycles. The molecule has 1 N–H and O–H groups in total. The van der Waals surface area contributed by atoms with E-state index in [0.29, 0.717) is 30.0 Å². The Kier molecular flexibility index (Phi) is 6.06. The molecule has 0 amide bonds. The molecule has 0 saturated carbocycles. The fourth-order valence-corrected chi connectivity index (χ4v) is 4.52. The lowest BCUT2D eigenvalue weighted by molar-refractivity contribution is 0.431. The number of imidazole rings is 1. The number of hydrogen-bond donors (Lipinski definition) is 1. The minimum atomic E-state index is -4.07. The Balaban J connectivity index is 1.25. The van der Waals surface area contributed by atoms with Gasteiger partial charge in [0.2, 0.25) is 5.82 Å². The van der Waals surface area contributed by atoms with Crippen molar-refractivity contribution in [2.75, 3.05) is 4.72 Å². The highest BCUT2D eigenvalue weighted by molar-refractivity contribution is 7.92. The van der Waals surface area contributed by atoms with Crippen molar-refractivity contribution in [3.8, 4) is 23.0 Å². The number of sulfonamides is 1. The third-order valence-corrected chi connectivity index (χ3v) is 6.74. The lowest BCUT2D eigenvalue weighted by Crippen LogP contribution is -2.13. The summed E-state index contributed by atoms with van der Waals surface area (Å²) >= 11 is 0. The van der Waals surface area contributed by atoms with E-state index in [1.807, 2.05) is 35.8 Å². The molecule has 8 nitrogen and oxygen atoms in total. The zero-order valence-corrected chi connectivity index (χ0v) is 19.7. The fourth-order valence-electron chi connectivity index (χ4n) is 3.45. The minimum Gasteiger partial charge on any atom is -0.332 e. The fraction of sp³-hybridized carbons (Fsp3) is 0.0800. The summed E-state index contributed by atoms with van der Waals surface area (Å²) in [6.45, 7) is 2.46. The van der Waals surface area contributed by atoms with Crippen molar-refractivity contribution in [3.05, 3.63) is 102 Å². The van der Waals surface area contributed by atoms with Crippen molar-refractivity contribution in [2.24, 2.45) is 0 Å². The van der Waals surface area contributed by atoms with Crippen LogP contribution in [-0.2, 0) is 16.6 Å². The van der Waals surface area contributed by atoms with Crippen molar-refractivity contribution in [1.82, 2.24) is 19.7 Å². The number of rotatable bonds is 7. The van der Waals surface area contributed by atoms with Crippen LogP contribution in [0.15, 0.2) is 88.7 Å². The first-order chi connectivity index (χ1) is 17.3. The number of nitrogens with one attached hydrogen (secondary N) is 1. The zero-order valence-electron chi connectivity index (χ0n) is 18.9. The Hall–Kier alpha value is -4.38. The van der Waals surface area contributed by atoms with Crippen LogP contribution in [0.4, 0.5) is 14.5 Å². The van der Waals surface area contributed by atoms with Gasteiger partial charge in [-0.05, 0) is 42.8 Å². The second-order valence-electron chi connectivity index (χ2n) is 8.10. The molecule has 0 bridgehead atoms. The van der Waals surface area contributed by atoms with Gasteiger partial charge in [-0.2, -0.15) is 4.98 Å². The predicted octanol–water partition coefficient (Wildman–Crippen LogP) is 5.04. The van der Waals surface area contributed by atoms with E-state index < -0.39 is 21.7 Å². The zero-order chi connectivity index (χ0) is 25.3. The van der Waals surface area contributed by atoms with Crippen LogP contribution in [0.3, 0.4) is 0 Å². The number of aryl methyl sites for hydroxylation is 1. The Bertz CT molecular complexity index is 1630. The first-order valence-corrected chi connectivity index (χ1v) is 12.2. The molecule has 5 rings (SSSR count). The molecule has 182 valence electrons. The SMILES string of the molecule is Cc1ccc(-c2noc(-c3cn(Cc4ccc(NS(=O)(=O)c5ccc(F)c(F)c5)cc4)cn3)n2)cc1. The van der Waals surface area contributed by atoms with Gasteiger partial charge in [-0.1, -0.05) is 47.1 Å². The molecule has 0 unspecified atom stereocenters. The molecule has 11 heteroatoms. The molecule has 0 saturated heterocycles. The lowest BCUT2D eigenvalue weighted by Gasteiger charge is -2.09. The Morgan fingerprint density at radius 3 is 2.44 bits per heavy atom. The molecular weight excluding hydrogens is 488 g/mol. The third kappa shape index (κ3) is 5.01. The van der Waals surface area contributed by atoms with Crippen LogP contribution < -0.4 is 4.72 Å². The molecular formula is C25H19F2N5O3S. The molecule has 0 aliphatic carbocycles. The van der Waals surface area contributed by atoms with Crippen LogP contribution in [0.1, 0.15) is 11.1 Å². The predicted molar refractivity (Wildman–Crippen MR) is 128 cm³/mol. The van der Waals surface area contributed by atoms with Crippen LogP contribution in [-0.4, -0.2) is 28.1 Å². The summed E-state index contributed by atoms with van der Waals surface area (Å²) in [7, 11) is -4.07. The van der Waals surface area contributed by atoms with Gasteiger partial charge >= 0.3 is 0 Å². The summed E-state index contributed by atoms with van der Waals surface area (Å²) in [5, 5.41) is 4.02. The monoisotopic (exact) mass is 507 g/mol. The molecule has 3 aromatic carbocycles. The first-order valence-electron chi connectivity index (χ1n) is 10.8. The molecule has 0 radical (unpaired) electrons. The van der Waals surface area contributed by atoms with Crippen molar-refractivity contribution in [2.45, 2.75) is 18.4 Å². The summed E-state index contributed by atoms with van der Waals surface area (Å²) < 4.78 is 61.0. The molecule has 5 aromatic rings. The molecule has 0 aliphatic rings. The summed E-state index contributed by atoms with van der Waals surface area (Å²) in [6.07, 6.45) is 3.40. The van der Waals surface area contributed by atoms with E-state index in [4.69, 9.17) is 4.52 Å². The van der Waals surface area contributed by atoms with E-state index in [1.54, 1.807) is 36.8 Å². The van der Waals surface area contributed by atoms with E-state index in [9.17, 15) is 17.2 Å². The second kappa shape index (κ2) is 9.34. The largest absolute Gasteiger partial charge is 0.332 e. The van der Waals surface area contributed by atoms with Crippen LogP contribution >= 0.6 is 0 Å². The number of anilines is 1. The van der Waals surface area contributed by atoms with Crippen LogP contribution in [0.5, 0.6) is 0 Å². The van der Waals surface area contributed by atoms with E-state index in [2.05, 4.69) is 19.8 Å². The van der Waals surface area contributed by atoms with Crippen LogP contribution in [0.2, 0.25) is 0 Å². The summed E-state index contributed by atoms with van der Waals surface area (Å²) in [4.78, 5) is 8.38. The maximum atomic E-state index is 13.4. The highest BCUT2D eigenvalue weighted by atomic mass is 32.2. The first kappa shape index (κ1) is 23.4. The molecule has 0 atom stereocenters. The lowest BCUT2D eigenvalue weighted by atomic mass is 10.1. The summed E-state index contributed by atoms with van der Waals surface area (Å²) in [6, 6.07) is 16.8. The van der Waals surface area contributed by atoms with E-state index in [1.165, 1.54) is 0 Å². The molecule has 36 heavy (non-hydrogen) atoms. The van der Waals surface area contributed by atoms with Gasteiger partial charge in [-0.25, -0.2) is 22.2 Å². The van der Waals surface area contributed by atoms with Crippen LogP contribution in [0, 0.1) is 18.6 Å². The van der Waals surface area contributed by atoms with Gasteiger partial charge in [-0.3, -0.25) is 4.72 Å². The Morgan fingerprint density at radius 1 is 0.972 bits per heavy atom. The quantitative estimate of drug-likeness (QED) is 0.331. The van der Waals surface area contributed by atoms with Gasteiger partial charge in [0.15, 0.2) is 11.6 Å².